The molecule has 0 aromatic heterocycles. The highest BCUT2D eigenvalue weighted by molar-refractivity contribution is 6.18. The first kappa shape index (κ1) is 50.0. The predicted molar refractivity (Wildman–Crippen MR) is 236 cm³/mol. The van der Waals surface area contributed by atoms with Crippen LogP contribution in [-0.4, -0.2) is 117 Å². The van der Waals surface area contributed by atoms with Gasteiger partial charge in [-0.1, -0.05) is 69.0 Å². The van der Waals surface area contributed by atoms with E-state index in [1.165, 1.54) is 0 Å². The summed E-state index contributed by atoms with van der Waals surface area (Å²) < 4.78 is 59.9. The summed E-state index contributed by atoms with van der Waals surface area (Å²) in [6, 6.07) is 14.3. The van der Waals surface area contributed by atoms with Crippen LogP contribution in [0.25, 0.3) is 0 Å². The smallest absolute Gasteiger partial charge is 0.126 e. The molecule has 3 rings (SSSR count). The first-order chi connectivity index (χ1) is 28.9. The molecule has 10 nitrogen and oxygen atoms in total. The van der Waals surface area contributed by atoms with Gasteiger partial charge in [-0.3, -0.25) is 0 Å². The second-order valence-electron chi connectivity index (χ2n) is 13.6. The molecule has 0 saturated heterocycles. The van der Waals surface area contributed by atoms with Crippen molar-refractivity contribution >= 4 is 23.2 Å². The minimum absolute atomic E-state index is 0.333. The maximum Gasteiger partial charge on any atom is 0.126 e. The van der Waals surface area contributed by atoms with Crippen molar-refractivity contribution in [1.29, 1.82) is 0 Å². The quantitative estimate of drug-likeness (QED) is 0.107. The Morgan fingerprint density at radius 1 is 0.695 bits per heavy atom. The van der Waals surface area contributed by atoms with Crippen LogP contribution < -0.4 is 9.47 Å². The molecular weight excluding hydrogens is 795 g/mol. The van der Waals surface area contributed by atoms with Gasteiger partial charge in [0.1, 0.15) is 49.4 Å². The largest absolute Gasteiger partial charge is 0.491 e. The van der Waals surface area contributed by atoms with Crippen LogP contribution in [-0.2, 0) is 50.7 Å². The van der Waals surface area contributed by atoms with Gasteiger partial charge in [-0.05, 0) is 71.4 Å². The van der Waals surface area contributed by atoms with E-state index in [9.17, 15) is 0 Å². The van der Waals surface area contributed by atoms with Gasteiger partial charge in [-0.2, -0.15) is 0 Å². The van der Waals surface area contributed by atoms with Gasteiger partial charge in [0, 0.05) is 24.6 Å². The number of allylic oxidation sites excluding steroid dienone is 6. The van der Waals surface area contributed by atoms with E-state index in [1.807, 2.05) is 37.3 Å². The minimum Gasteiger partial charge on any atom is -0.491 e. The van der Waals surface area contributed by atoms with Crippen molar-refractivity contribution in [2.45, 2.75) is 46.5 Å². The standard InChI is InChI=1S/C47H66Cl2O10/c1-6-11-37(3)45-36-40(7-2)39(5)46(58-32-28-51-19-17-49)38(4)34-42-13-10-14-43(35-41-12-8-9-15-44(41)56-30-26-50-18-16-48)47(42)59-33-29-55-25-23-53-21-20-52-22-24-54-27-31-57-45/h7-10,12-15,36H,2-3,6,11,16-35H2,1,4-5H3/b40-39?,45-36?,46-38-. The molecule has 0 aliphatic carbocycles. The molecule has 0 amide bonds. The highest BCUT2D eigenvalue weighted by atomic mass is 35.5. The van der Waals surface area contributed by atoms with Gasteiger partial charge in [0.15, 0.2) is 0 Å². The Morgan fingerprint density at radius 3 is 1.88 bits per heavy atom. The zero-order valence-corrected chi connectivity index (χ0v) is 37.0. The third-order valence-corrected chi connectivity index (χ3v) is 9.34. The Balaban J connectivity index is 2.08. The highest BCUT2D eigenvalue weighted by Gasteiger charge is 2.18. The topological polar surface area (TPSA) is 92.3 Å². The summed E-state index contributed by atoms with van der Waals surface area (Å²) in [6.45, 7) is 21.5. The third-order valence-electron chi connectivity index (χ3n) is 9.03. The average Bonchev–Trinajstić information content (AvgIpc) is 3.23. The number of halogens is 2. The van der Waals surface area contributed by atoms with Gasteiger partial charge in [0.05, 0.1) is 79.3 Å². The van der Waals surface area contributed by atoms with Crippen molar-refractivity contribution in [3.63, 3.8) is 0 Å². The molecule has 0 unspecified atom stereocenters. The van der Waals surface area contributed by atoms with E-state index < -0.39 is 0 Å². The van der Waals surface area contributed by atoms with Crippen LogP contribution >= 0.6 is 23.2 Å². The number of hydrogen-bond donors (Lipinski definition) is 0. The lowest BCUT2D eigenvalue weighted by Crippen LogP contribution is -2.15. The molecule has 0 atom stereocenters. The number of ether oxygens (including phenoxy) is 10. The van der Waals surface area contributed by atoms with Crippen LogP contribution in [0.5, 0.6) is 11.5 Å². The number of benzene rings is 2. The van der Waals surface area contributed by atoms with E-state index in [2.05, 4.69) is 51.3 Å². The normalized spacial score (nSPS) is 17.3. The SMILES string of the molecule is C=CC1=C(C)/C(OCCOCCCl)=C(\C)Cc2cccc(Cc3ccccc3OCCOCCCl)c2OCCOCCOCCOCCOCCOC(C(=C)CCC)=C1. The number of rotatable bonds is 18. The Morgan fingerprint density at radius 2 is 1.27 bits per heavy atom. The number of alkyl halides is 2. The fraction of sp³-hybridized carbons (Fsp3) is 0.532. The van der Waals surface area contributed by atoms with Crippen molar-refractivity contribution in [1.82, 2.24) is 0 Å². The molecule has 2 aromatic rings. The molecule has 1 aliphatic heterocycles. The lowest BCUT2D eigenvalue weighted by molar-refractivity contribution is -0.00905. The summed E-state index contributed by atoms with van der Waals surface area (Å²) in [5.41, 5.74) is 6.70. The Bertz CT molecular complexity index is 1600. The zero-order chi connectivity index (χ0) is 42.3. The molecule has 0 fully saturated rings. The number of para-hydroxylation sites is 2. The number of hydrogen-bond acceptors (Lipinski definition) is 10. The summed E-state index contributed by atoms with van der Waals surface area (Å²) in [5, 5.41) is 0. The van der Waals surface area contributed by atoms with Gasteiger partial charge in [0.25, 0.3) is 0 Å². The van der Waals surface area contributed by atoms with Gasteiger partial charge >= 0.3 is 0 Å². The summed E-state index contributed by atoms with van der Waals surface area (Å²) in [4.78, 5) is 0. The van der Waals surface area contributed by atoms with Crippen LogP contribution in [0.15, 0.2) is 102 Å². The van der Waals surface area contributed by atoms with Crippen LogP contribution in [0.2, 0.25) is 0 Å². The second kappa shape index (κ2) is 31.5. The maximum absolute atomic E-state index is 6.62. The molecule has 2 aromatic carbocycles. The van der Waals surface area contributed by atoms with E-state index in [4.69, 9.17) is 70.6 Å². The van der Waals surface area contributed by atoms with Crippen molar-refractivity contribution < 1.29 is 47.4 Å². The Hall–Kier alpha value is -3.32. The number of fused-ring (bicyclic) bond motifs is 1. The summed E-state index contributed by atoms with van der Waals surface area (Å²) in [7, 11) is 0. The van der Waals surface area contributed by atoms with E-state index in [0.717, 1.165) is 69.1 Å². The fourth-order valence-electron chi connectivity index (χ4n) is 6.18. The van der Waals surface area contributed by atoms with Crippen LogP contribution in [0, 0.1) is 0 Å². The molecule has 0 saturated carbocycles. The maximum atomic E-state index is 6.62. The van der Waals surface area contributed by atoms with Gasteiger partial charge in [-0.25, -0.2) is 0 Å². The second-order valence-corrected chi connectivity index (χ2v) is 14.3. The molecule has 0 bridgehead atoms. The molecule has 59 heavy (non-hydrogen) atoms. The van der Waals surface area contributed by atoms with Crippen molar-refractivity contribution in [2.24, 2.45) is 0 Å². The fourth-order valence-corrected chi connectivity index (χ4v) is 6.40. The van der Waals surface area contributed by atoms with E-state index in [0.29, 0.717) is 136 Å². The first-order valence-corrected chi connectivity index (χ1v) is 21.7. The summed E-state index contributed by atoms with van der Waals surface area (Å²) in [6.07, 6.45) is 6.65. The molecular formula is C47H66Cl2O10. The van der Waals surface area contributed by atoms with Gasteiger partial charge < -0.3 is 47.4 Å². The Labute approximate surface area is 363 Å². The van der Waals surface area contributed by atoms with Crippen molar-refractivity contribution in [3.8, 4) is 11.5 Å². The monoisotopic (exact) mass is 860 g/mol. The van der Waals surface area contributed by atoms with Crippen molar-refractivity contribution in [2.75, 3.05) is 117 Å². The molecule has 1 heterocycles. The van der Waals surface area contributed by atoms with E-state index >= 15 is 0 Å². The Kier molecular flexibility index (Phi) is 26.7. The summed E-state index contributed by atoms with van der Waals surface area (Å²) >= 11 is 11.7. The van der Waals surface area contributed by atoms with Gasteiger partial charge in [-0.15, -0.1) is 23.2 Å². The highest BCUT2D eigenvalue weighted by Crippen LogP contribution is 2.33. The van der Waals surface area contributed by atoms with Crippen LogP contribution in [0.4, 0.5) is 0 Å². The molecule has 12 heteroatoms. The average molecular weight is 862 g/mol. The molecule has 328 valence electrons. The zero-order valence-electron chi connectivity index (χ0n) is 35.5. The molecule has 1 aliphatic rings. The van der Waals surface area contributed by atoms with Gasteiger partial charge in [0.2, 0.25) is 0 Å². The van der Waals surface area contributed by atoms with Crippen LogP contribution in [0.3, 0.4) is 0 Å². The molecule has 0 radical (unpaired) electrons. The third kappa shape index (κ3) is 19.7. The predicted octanol–water partition coefficient (Wildman–Crippen LogP) is 9.22. The summed E-state index contributed by atoms with van der Waals surface area (Å²) in [5.74, 6) is 3.85. The van der Waals surface area contributed by atoms with Crippen molar-refractivity contribution in [3.05, 3.63) is 118 Å². The van der Waals surface area contributed by atoms with Crippen LogP contribution in [0.1, 0.15) is 50.3 Å². The lowest BCUT2D eigenvalue weighted by atomic mass is 9.95. The molecule has 0 N–H and O–H groups in total. The van der Waals surface area contributed by atoms with E-state index in [1.54, 1.807) is 0 Å². The first-order valence-electron chi connectivity index (χ1n) is 20.6. The lowest BCUT2D eigenvalue weighted by Gasteiger charge is -2.20. The minimum atomic E-state index is 0.333. The van der Waals surface area contributed by atoms with E-state index in [-0.39, 0.29) is 0 Å². The molecule has 0 spiro atoms.